The van der Waals surface area contributed by atoms with Crippen LogP contribution in [0.1, 0.15) is 32.6 Å². The lowest BCUT2D eigenvalue weighted by Gasteiger charge is -2.24. The first-order chi connectivity index (χ1) is 7.10. The number of allylic oxidation sites excluding steroid dienone is 1. The van der Waals surface area contributed by atoms with Gasteiger partial charge in [-0.25, -0.2) is 0 Å². The molecular formula is C11H16O4. The number of rotatable bonds is 4. The van der Waals surface area contributed by atoms with Crippen LogP contribution in [0.4, 0.5) is 0 Å². The molecule has 0 aromatic rings. The predicted octanol–water partition coefficient (Wildman–Crippen LogP) is 1.14. The predicted molar refractivity (Wildman–Crippen MR) is 54.4 cm³/mol. The van der Waals surface area contributed by atoms with Crippen molar-refractivity contribution >= 4 is 12.1 Å². The molecule has 0 amide bonds. The highest BCUT2D eigenvalue weighted by atomic mass is 16.3. The van der Waals surface area contributed by atoms with Crippen molar-refractivity contribution in [2.75, 3.05) is 0 Å². The molecule has 0 aromatic carbocycles. The molecule has 1 aliphatic carbocycles. The standard InChI is InChI=1S/C11H16O4/c1-2-3-9(14)11-7(6-12)4-8(13)5-10(11)15/h6-8,13,15H,2-5H2,1H3. The van der Waals surface area contributed by atoms with E-state index in [1.165, 1.54) is 0 Å². The minimum Gasteiger partial charge on any atom is -0.512 e. The Morgan fingerprint density at radius 1 is 1.60 bits per heavy atom. The Hall–Kier alpha value is -1.16. The van der Waals surface area contributed by atoms with E-state index >= 15 is 0 Å². The van der Waals surface area contributed by atoms with Crippen LogP contribution in [0.2, 0.25) is 0 Å². The molecule has 0 radical (unpaired) electrons. The maximum absolute atomic E-state index is 11.6. The molecule has 84 valence electrons. The van der Waals surface area contributed by atoms with E-state index in [1.54, 1.807) is 0 Å². The van der Waals surface area contributed by atoms with Gasteiger partial charge >= 0.3 is 0 Å². The van der Waals surface area contributed by atoms with Gasteiger partial charge in [0.1, 0.15) is 12.0 Å². The highest BCUT2D eigenvalue weighted by Crippen LogP contribution is 2.29. The smallest absolute Gasteiger partial charge is 0.162 e. The first-order valence-electron chi connectivity index (χ1n) is 5.18. The summed E-state index contributed by atoms with van der Waals surface area (Å²) >= 11 is 0. The van der Waals surface area contributed by atoms with Crippen LogP contribution >= 0.6 is 0 Å². The molecule has 1 aliphatic rings. The fourth-order valence-corrected chi connectivity index (χ4v) is 1.89. The number of carbonyl (C=O) groups is 2. The number of aliphatic hydroxyl groups is 2. The lowest BCUT2D eigenvalue weighted by Crippen LogP contribution is -2.28. The van der Waals surface area contributed by atoms with E-state index in [9.17, 15) is 19.8 Å². The Morgan fingerprint density at radius 3 is 2.80 bits per heavy atom. The Bertz CT molecular complexity index is 293. The average molecular weight is 212 g/mol. The molecular weight excluding hydrogens is 196 g/mol. The number of carbonyl (C=O) groups excluding carboxylic acids is 2. The lowest BCUT2D eigenvalue weighted by atomic mass is 9.82. The van der Waals surface area contributed by atoms with E-state index in [0.717, 1.165) is 0 Å². The zero-order valence-electron chi connectivity index (χ0n) is 8.77. The van der Waals surface area contributed by atoms with Crippen molar-refractivity contribution in [2.24, 2.45) is 5.92 Å². The monoisotopic (exact) mass is 212 g/mol. The van der Waals surface area contributed by atoms with E-state index in [4.69, 9.17) is 0 Å². The first-order valence-corrected chi connectivity index (χ1v) is 5.18. The molecule has 4 nitrogen and oxygen atoms in total. The molecule has 0 bridgehead atoms. The van der Waals surface area contributed by atoms with Crippen molar-refractivity contribution in [2.45, 2.75) is 38.7 Å². The average Bonchev–Trinajstić information content (AvgIpc) is 2.16. The van der Waals surface area contributed by atoms with E-state index in [1.807, 2.05) is 6.92 Å². The van der Waals surface area contributed by atoms with Gasteiger partial charge in [-0.15, -0.1) is 0 Å². The van der Waals surface area contributed by atoms with Gasteiger partial charge in [0.05, 0.1) is 6.10 Å². The molecule has 0 fully saturated rings. The van der Waals surface area contributed by atoms with Gasteiger partial charge in [-0.05, 0) is 12.8 Å². The van der Waals surface area contributed by atoms with Crippen molar-refractivity contribution in [3.05, 3.63) is 11.3 Å². The van der Waals surface area contributed by atoms with Crippen molar-refractivity contribution in [1.29, 1.82) is 0 Å². The topological polar surface area (TPSA) is 74.6 Å². The normalized spacial score (nSPS) is 26.5. The third-order valence-corrected chi connectivity index (χ3v) is 2.58. The van der Waals surface area contributed by atoms with Gasteiger partial charge in [0.2, 0.25) is 0 Å². The number of Topliss-reactive ketones (excluding diaryl/α,β-unsaturated/α-hetero) is 1. The molecule has 0 heterocycles. The summed E-state index contributed by atoms with van der Waals surface area (Å²) in [5.74, 6) is -0.948. The van der Waals surface area contributed by atoms with Crippen molar-refractivity contribution in [3.63, 3.8) is 0 Å². The second-order valence-electron chi connectivity index (χ2n) is 3.87. The molecule has 4 heteroatoms. The Kier molecular flexibility index (Phi) is 4.03. The number of hydrogen-bond acceptors (Lipinski definition) is 4. The van der Waals surface area contributed by atoms with Crippen LogP contribution in [-0.2, 0) is 9.59 Å². The Labute approximate surface area is 88.6 Å². The molecule has 0 saturated heterocycles. The van der Waals surface area contributed by atoms with Crippen molar-refractivity contribution in [3.8, 4) is 0 Å². The summed E-state index contributed by atoms with van der Waals surface area (Å²) in [4.78, 5) is 22.4. The van der Waals surface area contributed by atoms with Gasteiger partial charge < -0.3 is 15.0 Å². The van der Waals surface area contributed by atoms with Gasteiger partial charge in [-0.2, -0.15) is 0 Å². The van der Waals surface area contributed by atoms with Crippen LogP contribution in [0.15, 0.2) is 11.3 Å². The summed E-state index contributed by atoms with van der Waals surface area (Å²) < 4.78 is 0. The van der Waals surface area contributed by atoms with Crippen LogP contribution in [0.25, 0.3) is 0 Å². The minimum atomic E-state index is -0.724. The van der Waals surface area contributed by atoms with Gasteiger partial charge in [0.25, 0.3) is 0 Å². The highest BCUT2D eigenvalue weighted by Gasteiger charge is 2.31. The minimum absolute atomic E-state index is 0.0785. The Morgan fingerprint density at radius 2 is 2.27 bits per heavy atom. The quantitative estimate of drug-likeness (QED) is 0.685. The lowest BCUT2D eigenvalue weighted by molar-refractivity contribution is -0.119. The van der Waals surface area contributed by atoms with Crippen molar-refractivity contribution < 1.29 is 19.8 Å². The first kappa shape index (κ1) is 11.9. The molecule has 2 N–H and O–H groups in total. The highest BCUT2D eigenvalue weighted by molar-refractivity contribution is 5.99. The van der Waals surface area contributed by atoms with Crippen LogP contribution in [0.3, 0.4) is 0 Å². The van der Waals surface area contributed by atoms with Crippen LogP contribution < -0.4 is 0 Å². The van der Waals surface area contributed by atoms with E-state index in [-0.39, 0.29) is 30.0 Å². The number of ketones is 1. The van der Waals surface area contributed by atoms with Crippen LogP contribution in [-0.4, -0.2) is 28.4 Å². The number of aliphatic hydroxyl groups excluding tert-OH is 2. The fraction of sp³-hybridized carbons (Fsp3) is 0.636. The molecule has 0 aliphatic heterocycles. The van der Waals surface area contributed by atoms with E-state index < -0.39 is 12.0 Å². The van der Waals surface area contributed by atoms with E-state index in [0.29, 0.717) is 19.1 Å². The zero-order valence-corrected chi connectivity index (χ0v) is 8.77. The molecule has 2 unspecified atom stereocenters. The maximum atomic E-state index is 11.6. The summed E-state index contributed by atoms with van der Waals surface area (Å²) in [6.45, 7) is 1.86. The SMILES string of the molecule is CCCC(=O)C1=C(O)CC(O)CC1C=O. The second-order valence-corrected chi connectivity index (χ2v) is 3.87. The third kappa shape index (κ3) is 2.65. The summed E-state index contributed by atoms with van der Waals surface area (Å²) in [7, 11) is 0. The molecule has 0 spiro atoms. The molecule has 1 rings (SSSR count). The van der Waals surface area contributed by atoms with Crippen molar-refractivity contribution in [1.82, 2.24) is 0 Å². The van der Waals surface area contributed by atoms with Crippen LogP contribution in [0.5, 0.6) is 0 Å². The fourth-order valence-electron chi connectivity index (χ4n) is 1.89. The second kappa shape index (κ2) is 5.07. The van der Waals surface area contributed by atoms with Crippen LogP contribution in [0, 0.1) is 5.92 Å². The summed E-state index contributed by atoms with van der Waals surface area (Å²) in [6.07, 6.45) is 1.23. The van der Waals surface area contributed by atoms with Gasteiger partial charge in [0, 0.05) is 24.3 Å². The van der Waals surface area contributed by atoms with Gasteiger partial charge in [-0.1, -0.05) is 6.92 Å². The summed E-state index contributed by atoms with van der Waals surface area (Å²) in [5.41, 5.74) is 0.206. The number of hydrogen-bond donors (Lipinski definition) is 2. The largest absolute Gasteiger partial charge is 0.512 e. The zero-order chi connectivity index (χ0) is 11.4. The molecule has 15 heavy (non-hydrogen) atoms. The van der Waals surface area contributed by atoms with Gasteiger partial charge in [0.15, 0.2) is 5.78 Å². The summed E-state index contributed by atoms with van der Waals surface area (Å²) in [5, 5.41) is 18.9. The summed E-state index contributed by atoms with van der Waals surface area (Å²) in [6, 6.07) is 0. The maximum Gasteiger partial charge on any atom is 0.162 e. The molecule has 2 atom stereocenters. The Balaban J connectivity index is 2.93. The molecule has 0 saturated carbocycles. The van der Waals surface area contributed by atoms with E-state index in [2.05, 4.69) is 0 Å². The third-order valence-electron chi connectivity index (χ3n) is 2.58. The molecule has 0 aromatic heterocycles. The van der Waals surface area contributed by atoms with Gasteiger partial charge in [-0.3, -0.25) is 4.79 Å². The number of aldehydes is 1.